The number of halogens is 1. The number of nitrogens with two attached hydrogens (primary N) is 1. The molecule has 5 nitrogen and oxygen atoms in total. The summed E-state index contributed by atoms with van der Waals surface area (Å²) in [4.78, 5) is 23.8. The molecular weight excluding hydrogens is 275 g/mol. The lowest BCUT2D eigenvalue weighted by Crippen LogP contribution is -2.08. The average molecular weight is 286 g/mol. The molecule has 0 aliphatic rings. The summed E-state index contributed by atoms with van der Waals surface area (Å²) in [6.07, 6.45) is 0. The van der Waals surface area contributed by atoms with E-state index in [0.717, 1.165) is 6.07 Å². The van der Waals surface area contributed by atoms with Crippen LogP contribution >= 0.6 is 0 Å². The van der Waals surface area contributed by atoms with Gasteiger partial charge in [0.15, 0.2) is 11.4 Å². The zero-order chi connectivity index (χ0) is 15.1. The highest BCUT2D eigenvalue weighted by atomic mass is 19.1. The Bertz CT molecular complexity index is 924. The predicted molar refractivity (Wildman–Crippen MR) is 75.7 cm³/mol. The van der Waals surface area contributed by atoms with Crippen LogP contribution < -0.4 is 11.5 Å². The number of carbonyl (C=O) groups excluding carboxylic acids is 1. The highest BCUT2D eigenvalue weighted by Gasteiger charge is 2.15. The number of rotatable bonds is 2. The van der Waals surface area contributed by atoms with E-state index in [2.05, 4.69) is 0 Å². The van der Waals surface area contributed by atoms with Crippen LogP contribution in [0.5, 0.6) is 0 Å². The van der Waals surface area contributed by atoms with E-state index in [4.69, 9.17) is 10.2 Å². The van der Waals surface area contributed by atoms with E-state index in [1.165, 1.54) is 22.8 Å². The number of carbonyl (C=O) groups is 1. The molecule has 3 aromatic rings. The van der Waals surface area contributed by atoms with Crippen molar-refractivity contribution in [1.29, 1.82) is 0 Å². The van der Waals surface area contributed by atoms with Gasteiger partial charge in [-0.1, -0.05) is 0 Å². The monoisotopic (exact) mass is 286 g/mol. The summed E-state index contributed by atoms with van der Waals surface area (Å²) >= 11 is 0. The topological polar surface area (TPSA) is 78.2 Å². The maximum atomic E-state index is 13.0. The van der Waals surface area contributed by atoms with Gasteiger partial charge in [-0.2, -0.15) is 0 Å². The van der Waals surface area contributed by atoms with Gasteiger partial charge in [0.05, 0.1) is 5.52 Å². The van der Waals surface area contributed by atoms with Gasteiger partial charge in [0.25, 0.3) is 0 Å². The fraction of sp³-hybridized carbons (Fsp3) is 0.0667. The van der Waals surface area contributed by atoms with Crippen molar-refractivity contribution in [1.82, 2.24) is 4.57 Å². The standard InChI is InChI=1S/C15H11FN2O3/c1-18-12-5-2-8(6-13(12)21-15(18)20)14(19)10-4-3-9(16)7-11(10)17/h2-7H,17H2,1H3. The van der Waals surface area contributed by atoms with Crippen LogP contribution in [0.1, 0.15) is 15.9 Å². The number of hydrogen-bond donors (Lipinski definition) is 1. The zero-order valence-electron chi connectivity index (χ0n) is 11.1. The van der Waals surface area contributed by atoms with E-state index in [-0.39, 0.29) is 17.0 Å². The molecule has 0 saturated heterocycles. The summed E-state index contributed by atoms with van der Waals surface area (Å²) in [5.41, 5.74) is 7.14. The van der Waals surface area contributed by atoms with E-state index < -0.39 is 11.6 Å². The molecule has 6 heteroatoms. The number of benzene rings is 2. The van der Waals surface area contributed by atoms with Gasteiger partial charge in [0.1, 0.15) is 5.82 Å². The van der Waals surface area contributed by atoms with Crippen molar-refractivity contribution in [3.63, 3.8) is 0 Å². The summed E-state index contributed by atoms with van der Waals surface area (Å²) in [6, 6.07) is 8.26. The van der Waals surface area contributed by atoms with Crippen LogP contribution in [0.2, 0.25) is 0 Å². The van der Waals surface area contributed by atoms with Gasteiger partial charge in [-0.25, -0.2) is 9.18 Å². The Morgan fingerprint density at radius 1 is 1.24 bits per heavy atom. The molecule has 0 fully saturated rings. The summed E-state index contributed by atoms with van der Waals surface area (Å²) in [5.74, 6) is -1.37. The Balaban J connectivity index is 2.11. The summed E-state index contributed by atoms with van der Waals surface area (Å²) in [6.45, 7) is 0. The highest BCUT2D eigenvalue weighted by Crippen LogP contribution is 2.21. The van der Waals surface area contributed by atoms with Crippen LogP contribution in [0.25, 0.3) is 11.1 Å². The lowest BCUT2D eigenvalue weighted by atomic mass is 10.0. The number of ketones is 1. The zero-order valence-corrected chi connectivity index (χ0v) is 11.1. The first-order valence-electron chi connectivity index (χ1n) is 6.16. The lowest BCUT2D eigenvalue weighted by Gasteiger charge is -2.05. The SMILES string of the molecule is Cn1c(=O)oc2cc(C(=O)c3ccc(F)cc3N)ccc21. The van der Waals surface area contributed by atoms with Gasteiger partial charge in [0.2, 0.25) is 0 Å². The molecule has 0 radical (unpaired) electrons. The van der Waals surface area contributed by atoms with E-state index in [1.54, 1.807) is 19.2 Å². The first kappa shape index (κ1) is 13.1. The molecule has 1 heterocycles. The molecule has 0 atom stereocenters. The van der Waals surface area contributed by atoms with Gasteiger partial charge in [-0.05, 0) is 36.4 Å². The van der Waals surface area contributed by atoms with Gasteiger partial charge >= 0.3 is 5.76 Å². The quantitative estimate of drug-likeness (QED) is 0.578. The Morgan fingerprint density at radius 2 is 2.00 bits per heavy atom. The molecule has 0 aliphatic heterocycles. The predicted octanol–water partition coefficient (Wildman–Crippen LogP) is 2.08. The number of aryl methyl sites for hydroxylation is 1. The van der Waals surface area contributed by atoms with E-state index in [0.29, 0.717) is 16.7 Å². The minimum Gasteiger partial charge on any atom is -0.408 e. The number of fused-ring (bicyclic) bond motifs is 1. The molecule has 21 heavy (non-hydrogen) atoms. The summed E-state index contributed by atoms with van der Waals surface area (Å²) in [5, 5.41) is 0. The van der Waals surface area contributed by atoms with E-state index in [1.807, 2.05) is 0 Å². The van der Waals surface area contributed by atoms with Crippen molar-refractivity contribution in [2.24, 2.45) is 7.05 Å². The van der Waals surface area contributed by atoms with Gasteiger partial charge in [0, 0.05) is 23.9 Å². The molecule has 106 valence electrons. The molecule has 1 aromatic heterocycles. The van der Waals surface area contributed by atoms with Crippen molar-refractivity contribution in [3.8, 4) is 0 Å². The number of nitrogen functional groups attached to an aromatic ring is 1. The minimum absolute atomic E-state index is 0.0645. The van der Waals surface area contributed by atoms with Crippen molar-refractivity contribution in [2.45, 2.75) is 0 Å². The molecule has 2 aromatic carbocycles. The largest absolute Gasteiger partial charge is 0.419 e. The van der Waals surface area contributed by atoms with Gasteiger partial charge in [-0.15, -0.1) is 0 Å². The van der Waals surface area contributed by atoms with Crippen molar-refractivity contribution < 1.29 is 13.6 Å². The first-order valence-corrected chi connectivity index (χ1v) is 6.16. The Labute approximate surface area is 118 Å². The van der Waals surface area contributed by atoms with Crippen molar-refractivity contribution >= 4 is 22.6 Å². The van der Waals surface area contributed by atoms with Crippen molar-refractivity contribution in [3.05, 3.63) is 63.9 Å². The average Bonchev–Trinajstić information content (AvgIpc) is 2.73. The maximum absolute atomic E-state index is 13.0. The third-order valence-electron chi connectivity index (χ3n) is 3.31. The molecule has 0 bridgehead atoms. The maximum Gasteiger partial charge on any atom is 0.419 e. The molecule has 0 aliphatic carbocycles. The Morgan fingerprint density at radius 3 is 2.71 bits per heavy atom. The molecule has 0 spiro atoms. The fourth-order valence-corrected chi connectivity index (χ4v) is 2.17. The number of hydrogen-bond acceptors (Lipinski definition) is 4. The van der Waals surface area contributed by atoms with Crippen LogP contribution in [0.4, 0.5) is 10.1 Å². The normalized spacial score (nSPS) is 11.0. The lowest BCUT2D eigenvalue weighted by molar-refractivity contribution is 0.103. The molecule has 0 unspecified atom stereocenters. The third kappa shape index (κ3) is 2.10. The Kier molecular flexibility index (Phi) is 2.86. The van der Waals surface area contributed by atoms with Gasteiger partial charge < -0.3 is 10.2 Å². The van der Waals surface area contributed by atoms with Crippen LogP contribution in [0, 0.1) is 5.82 Å². The number of anilines is 1. The van der Waals surface area contributed by atoms with Gasteiger partial charge in [-0.3, -0.25) is 9.36 Å². The molecule has 3 rings (SSSR count). The second-order valence-corrected chi connectivity index (χ2v) is 4.67. The van der Waals surface area contributed by atoms with Crippen LogP contribution in [0.15, 0.2) is 45.6 Å². The number of oxazole rings is 1. The van der Waals surface area contributed by atoms with Crippen LogP contribution in [0.3, 0.4) is 0 Å². The minimum atomic E-state index is -0.506. The molecule has 0 saturated carbocycles. The summed E-state index contributed by atoms with van der Waals surface area (Å²) in [7, 11) is 1.58. The molecule has 0 amide bonds. The third-order valence-corrected chi connectivity index (χ3v) is 3.31. The highest BCUT2D eigenvalue weighted by molar-refractivity contribution is 6.13. The summed E-state index contributed by atoms with van der Waals surface area (Å²) < 4.78 is 19.4. The van der Waals surface area contributed by atoms with Crippen LogP contribution in [-0.2, 0) is 7.05 Å². The fourth-order valence-electron chi connectivity index (χ4n) is 2.17. The first-order chi connectivity index (χ1) is 9.97. The molecule has 2 N–H and O–H groups in total. The molecular formula is C15H11FN2O3. The Hall–Kier alpha value is -2.89. The second-order valence-electron chi connectivity index (χ2n) is 4.67. The van der Waals surface area contributed by atoms with Crippen molar-refractivity contribution in [2.75, 3.05) is 5.73 Å². The smallest absolute Gasteiger partial charge is 0.408 e. The van der Waals surface area contributed by atoms with Crippen LogP contribution in [-0.4, -0.2) is 10.4 Å². The van der Waals surface area contributed by atoms with E-state index in [9.17, 15) is 14.0 Å². The number of nitrogens with zero attached hydrogens (tertiary/aromatic N) is 1. The van der Waals surface area contributed by atoms with E-state index >= 15 is 0 Å². The number of aromatic nitrogens is 1. The second kappa shape index (κ2) is 4.59.